The minimum absolute atomic E-state index is 0.118. The SMILES string of the molecule is C[C@@H]1CN(C(=O)C(C)(C)N2CCCC2)CC[C@@]1(O)C1CCOCC1. The summed E-state index contributed by atoms with van der Waals surface area (Å²) in [7, 11) is 0. The van der Waals surface area contributed by atoms with Gasteiger partial charge in [0.2, 0.25) is 5.91 Å². The van der Waals surface area contributed by atoms with Crippen molar-refractivity contribution in [2.24, 2.45) is 11.8 Å². The van der Waals surface area contributed by atoms with Gasteiger partial charge in [0.1, 0.15) is 0 Å². The maximum Gasteiger partial charge on any atom is 0.242 e. The van der Waals surface area contributed by atoms with Gasteiger partial charge in [-0.25, -0.2) is 0 Å². The van der Waals surface area contributed by atoms with Gasteiger partial charge in [-0.2, -0.15) is 0 Å². The molecule has 0 saturated carbocycles. The Morgan fingerprint density at radius 1 is 1.17 bits per heavy atom. The molecular formula is C19H34N2O3. The predicted octanol–water partition coefficient (Wildman–Crippen LogP) is 1.89. The molecule has 0 bridgehead atoms. The maximum atomic E-state index is 13.1. The summed E-state index contributed by atoms with van der Waals surface area (Å²) < 4.78 is 5.45. The van der Waals surface area contributed by atoms with Crippen LogP contribution in [0.3, 0.4) is 0 Å². The molecule has 3 aliphatic heterocycles. The lowest BCUT2D eigenvalue weighted by molar-refractivity contribution is -0.159. The van der Waals surface area contributed by atoms with Crippen LogP contribution >= 0.6 is 0 Å². The van der Waals surface area contributed by atoms with Gasteiger partial charge in [0.15, 0.2) is 0 Å². The van der Waals surface area contributed by atoms with Crippen LogP contribution in [0.2, 0.25) is 0 Å². The van der Waals surface area contributed by atoms with Crippen molar-refractivity contribution in [3.05, 3.63) is 0 Å². The molecule has 5 heteroatoms. The lowest BCUT2D eigenvalue weighted by Gasteiger charge is -2.50. The summed E-state index contributed by atoms with van der Waals surface area (Å²) in [5, 5.41) is 11.3. The van der Waals surface area contributed by atoms with Gasteiger partial charge in [0.25, 0.3) is 0 Å². The quantitative estimate of drug-likeness (QED) is 0.854. The second-order valence-corrected chi connectivity index (χ2v) is 8.53. The molecule has 3 heterocycles. The van der Waals surface area contributed by atoms with Gasteiger partial charge in [-0.05, 0) is 65.0 Å². The molecule has 3 saturated heterocycles. The highest BCUT2D eigenvalue weighted by atomic mass is 16.5. The number of hydrogen-bond acceptors (Lipinski definition) is 4. The summed E-state index contributed by atoms with van der Waals surface area (Å²) in [6.45, 7) is 11.1. The van der Waals surface area contributed by atoms with E-state index in [0.29, 0.717) is 25.4 Å². The molecular weight excluding hydrogens is 304 g/mol. The van der Waals surface area contributed by atoms with Crippen LogP contribution in [-0.4, -0.2) is 71.3 Å². The minimum Gasteiger partial charge on any atom is -0.389 e. The van der Waals surface area contributed by atoms with E-state index in [1.54, 1.807) is 0 Å². The van der Waals surface area contributed by atoms with Gasteiger partial charge in [-0.3, -0.25) is 9.69 Å². The van der Waals surface area contributed by atoms with Crippen LogP contribution < -0.4 is 0 Å². The summed E-state index contributed by atoms with van der Waals surface area (Å²) in [5.74, 6) is 0.656. The van der Waals surface area contributed by atoms with Crippen LogP contribution in [0.5, 0.6) is 0 Å². The van der Waals surface area contributed by atoms with Gasteiger partial charge in [-0.1, -0.05) is 6.92 Å². The number of carbonyl (C=O) groups is 1. The fourth-order valence-electron chi connectivity index (χ4n) is 4.93. The fourth-order valence-corrected chi connectivity index (χ4v) is 4.93. The highest BCUT2D eigenvalue weighted by Crippen LogP contribution is 2.40. The molecule has 0 spiro atoms. The number of rotatable bonds is 3. The average molecular weight is 338 g/mol. The topological polar surface area (TPSA) is 53.0 Å². The van der Waals surface area contributed by atoms with Crippen LogP contribution in [-0.2, 0) is 9.53 Å². The Balaban J connectivity index is 1.65. The number of amides is 1. The second-order valence-electron chi connectivity index (χ2n) is 8.53. The predicted molar refractivity (Wildman–Crippen MR) is 93.7 cm³/mol. The van der Waals surface area contributed by atoms with Crippen molar-refractivity contribution < 1.29 is 14.6 Å². The molecule has 0 unspecified atom stereocenters. The first kappa shape index (κ1) is 18.2. The van der Waals surface area contributed by atoms with E-state index in [2.05, 4.69) is 25.7 Å². The zero-order valence-corrected chi connectivity index (χ0v) is 15.6. The molecule has 3 aliphatic rings. The highest BCUT2D eigenvalue weighted by molar-refractivity contribution is 5.85. The Hall–Kier alpha value is -0.650. The molecule has 1 amide bonds. The van der Waals surface area contributed by atoms with Gasteiger partial charge in [0, 0.05) is 32.2 Å². The zero-order valence-electron chi connectivity index (χ0n) is 15.6. The number of aliphatic hydroxyl groups is 1. The van der Waals surface area contributed by atoms with E-state index in [1.807, 2.05) is 4.90 Å². The summed E-state index contributed by atoms with van der Waals surface area (Å²) in [6.07, 6.45) is 4.95. The first-order valence-electron chi connectivity index (χ1n) is 9.70. The summed E-state index contributed by atoms with van der Waals surface area (Å²) in [4.78, 5) is 17.4. The number of carbonyl (C=O) groups excluding carboxylic acids is 1. The van der Waals surface area contributed by atoms with Gasteiger partial charge in [0.05, 0.1) is 11.1 Å². The molecule has 138 valence electrons. The van der Waals surface area contributed by atoms with Crippen molar-refractivity contribution >= 4 is 5.91 Å². The number of ether oxygens (including phenoxy) is 1. The summed E-state index contributed by atoms with van der Waals surface area (Å²) in [6, 6.07) is 0. The van der Waals surface area contributed by atoms with Crippen molar-refractivity contribution in [2.75, 3.05) is 39.4 Å². The van der Waals surface area contributed by atoms with Crippen molar-refractivity contribution in [3.8, 4) is 0 Å². The number of hydrogen-bond donors (Lipinski definition) is 1. The Labute approximate surface area is 146 Å². The van der Waals surface area contributed by atoms with Crippen LogP contribution in [0.1, 0.15) is 52.9 Å². The molecule has 0 aromatic rings. The third kappa shape index (κ3) is 3.23. The smallest absolute Gasteiger partial charge is 0.242 e. The van der Waals surface area contributed by atoms with Gasteiger partial charge >= 0.3 is 0 Å². The van der Waals surface area contributed by atoms with E-state index in [1.165, 1.54) is 12.8 Å². The lowest BCUT2D eigenvalue weighted by atomic mass is 9.70. The Kier molecular flexibility index (Phi) is 5.24. The standard InChI is InChI=1S/C19H34N2O3/c1-15-14-20(17(22)18(2,3)21-9-4-5-10-21)11-8-19(15,23)16-6-12-24-13-7-16/h15-16,23H,4-14H2,1-3H3/t15-,19+/m1/s1. The molecule has 0 aliphatic carbocycles. The Bertz CT molecular complexity index is 456. The normalized spacial score (nSPS) is 33.8. The van der Waals surface area contributed by atoms with E-state index < -0.39 is 11.1 Å². The second kappa shape index (κ2) is 6.93. The molecule has 5 nitrogen and oxygen atoms in total. The highest BCUT2D eigenvalue weighted by Gasteiger charge is 2.48. The van der Waals surface area contributed by atoms with E-state index in [-0.39, 0.29) is 11.8 Å². The lowest BCUT2D eigenvalue weighted by Crippen LogP contribution is -2.62. The van der Waals surface area contributed by atoms with Crippen LogP contribution in [0, 0.1) is 11.8 Å². The summed E-state index contributed by atoms with van der Waals surface area (Å²) in [5.41, 5.74) is -1.07. The van der Waals surface area contributed by atoms with E-state index >= 15 is 0 Å². The van der Waals surface area contributed by atoms with Crippen LogP contribution in [0.4, 0.5) is 0 Å². The molecule has 2 atom stereocenters. The maximum absolute atomic E-state index is 13.1. The van der Waals surface area contributed by atoms with Crippen molar-refractivity contribution in [3.63, 3.8) is 0 Å². The van der Waals surface area contributed by atoms with Crippen LogP contribution in [0.15, 0.2) is 0 Å². The molecule has 0 radical (unpaired) electrons. The average Bonchev–Trinajstić information content (AvgIpc) is 3.13. The van der Waals surface area contributed by atoms with Crippen LogP contribution in [0.25, 0.3) is 0 Å². The molecule has 1 N–H and O–H groups in total. The molecule has 3 rings (SSSR count). The van der Waals surface area contributed by atoms with Gasteiger partial charge < -0.3 is 14.7 Å². The Morgan fingerprint density at radius 3 is 2.38 bits per heavy atom. The zero-order chi connectivity index (χ0) is 17.4. The van der Waals surface area contributed by atoms with E-state index in [4.69, 9.17) is 4.74 Å². The van der Waals surface area contributed by atoms with Crippen molar-refractivity contribution in [1.29, 1.82) is 0 Å². The first-order chi connectivity index (χ1) is 11.4. The number of nitrogens with zero attached hydrogens (tertiary/aromatic N) is 2. The first-order valence-corrected chi connectivity index (χ1v) is 9.70. The fraction of sp³-hybridized carbons (Fsp3) is 0.947. The van der Waals surface area contributed by atoms with Crippen molar-refractivity contribution in [2.45, 2.75) is 64.0 Å². The minimum atomic E-state index is -0.641. The number of likely N-dealkylation sites (tertiary alicyclic amines) is 2. The molecule has 0 aromatic carbocycles. The van der Waals surface area contributed by atoms with E-state index in [0.717, 1.165) is 39.1 Å². The third-order valence-electron chi connectivity index (χ3n) is 6.77. The summed E-state index contributed by atoms with van der Waals surface area (Å²) >= 11 is 0. The molecule has 24 heavy (non-hydrogen) atoms. The molecule has 3 fully saturated rings. The van der Waals surface area contributed by atoms with Crippen molar-refractivity contribution in [1.82, 2.24) is 9.80 Å². The van der Waals surface area contributed by atoms with E-state index in [9.17, 15) is 9.90 Å². The molecule has 0 aromatic heterocycles. The van der Waals surface area contributed by atoms with Gasteiger partial charge in [-0.15, -0.1) is 0 Å². The Morgan fingerprint density at radius 2 is 1.79 bits per heavy atom. The monoisotopic (exact) mass is 338 g/mol. The largest absolute Gasteiger partial charge is 0.389 e. The third-order valence-corrected chi connectivity index (χ3v) is 6.77. The number of piperidine rings is 1.